The first kappa shape index (κ1) is 34.5. The van der Waals surface area contributed by atoms with E-state index in [9.17, 15) is 4.79 Å². The minimum atomic E-state index is 0.524. The number of aldehydes is 1. The maximum atomic E-state index is 11.6. The van der Waals surface area contributed by atoms with Crippen molar-refractivity contribution in [2.45, 2.75) is 25.7 Å². The molecule has 52 heavy (non-hydrogen) atoms. The van der Waals surface area contributed by atoms with Crippen molar-refractivity contribution in [2.75, 3.05) is 26.4 Å². The summed E-state index contributed by atoms with van der Waals surface area (Å²) in [7, 11) is 2.02. The van der Waals surface area contributed by atoms with Gasteiger partial charge in [0, 0.05) is 76.9 Å². The molecule has 4 N–H and O–H groups in total. The van der Waals surface area contributed by atoms with Crippen molar-refractivity contribution >= 4 is 28.6 Å². The fourth-order valence-electron chi connectivity index (χ4n) is 6.91. The normalized spacial score (nSPS) is 12.8. The highest BCUT2D eigenvalue weighted by Gasteiger charge is 2.18. The van der Waals surface area contributed by atoms with Crippen LogP contribution in [0.25, 0.3) is 22.3 Å². The fourth-order valence-corrected chi connectivity index (χ4v) is 6.91. The molecule has 9 heteroatoms. The zero-order valence-corrected chi connectivity index (χ0v) is 29.5. The average molecular weight is 693 g/mol. The molecule has 8 bridgehead atoms. The molecular weight excluding hydrogens is 649 g/mol. The van der Waals surface area contributed by atoms with E-state index in [1.165, 1.54) is 0 Å². The fraction of sp³-hybridized carbons (Fsp3) is 0.209. The van der Waals surface area contributed by atoms with E-state index < -0.39 is 0 Å². The quantitative estimate of drug-likeness (QED) is 0.0709. The summed E-state index contributed by atoms with van der Waals surface area (Å²) >= 11 is 0. The number of aromatic amines is 4. The lowest BCUT2D eigenvalue weighted by Gasteiger charge is -2.10. The summed E-state index contributed by atoms with van der Waals surface area (Å²) in [5.41, 5.74) is 9.86. The Balaban J connectivity index is 1.49. The molecule has 0 atom stereocenters. The van der Waals surface area contributed by atoms with E-state index in [1.54, 1.807) is 12.2 Å². The van der Waals surface area contributed by atoms with Gasteiger partial charge in [-0.3, -0.25) is 4.79 Å². The van der Waals surface area contributed by atoms with Crippen LogP contribution in [0.4, 0.5) is 0 Å². The summed E-state index contributed by atoms with van der Waals surface area (Å²) in [6.07, 6.45) is 11.5. The molecule has 0 amide bonds. The van der Waals surface area contributed by atoms with Crippen LogP contribution in [0.15, 0.2) is 111 Å². The molecule has 6 heterocycles. The van der Waals surface area contributed by atoms with Crippen molar-refractivity contribution < 1.29 is 14.3 Å². The van der Waals surface area contributed by atoms with Gasteiger partial charge in [-0.05, 0) is 90.9 Å². The van der Waals surface area contributed by atoms with Crippen molar-refractivity contribution in [2.24, 2.45) is 7.05 Å². The van der Waals surface area contributed by atoms with E-state index in [-0.39, 0.29) is 0 Å². The highest BCUT2D eigenvalue weighted by molar-refractivity contribution is 5.82. The number of carbonyl (C=O) groups excluding carboxylic acids is 1. The number of aryl methyl sites for hydroxylation is 1. The Labute approximate surface area is 302 Å². The summed E-state index contributed by atoms with van der Waals surface area (Å²) < 4.78 is 13.6. The summed E-state index contributed by atoms with van der Waals surface area (Å²) in [6.45, 7) is 9.86. The number of carbonyl (C=O) groups is 1. The van der Waals surface area contributed by atoms with Gasteiger partial charge in [-0.1, -0.05) is 36.4 Å². The first-order valence-corrected chi connectivity index (χ1v) is 17.7. The molecule has 1 aromatic carbocycles. The lowest BCUT2D eigenvalue weighted by Crippen LogP contribution is -2.19. The van der Waals surface area contributed by atoms with Gasteiger partial charge in [0.25, 0.3) is 0 Å². The smallest absolute Gasteiger partial charge is 0.150 e. The van der Waals surface area contributed by atoms with Gasteiger partial charge in [0.15, 0.2) is 0 Å². The third kappa shape index (κ3) is 7.28. The molecule has 0 aliphatic carbocycles. The zero-order valence-electron chi connectivity index (χ0n) is 29.5. The van der Waals surface area contributed by atoms with Crippen LogP contribution in [-0.2, 0) is 16.5 Å². The highest BCUT2D eigenvalue weighted by Crippen LogP contribution is 2.26. The van der Waals surface area contributed by atoms with Crippen molar-refractivity contribution in [3.8, 4) is 0 Å². The molecule has 0 spiro atoms. The van der Waals surface area contributed by atoms with Gasteiger partial charge in [0.05, 0.1) is 29.8 Å². The van der Waals surface area contributed by atoms with Crippen LogP contribution in [0.1, 0.15) is 70.2 Å². The van der Waals surface area contributed by atoms with Crippen LogP contribution in [0.2, 0.25) is 0 Å². The van der Waals surface area contributed by atoms with Gasteiger partial charge >= 0.3 is 0 Å². The Morgan fingerprint density at radius 2 is 1.17 bits per heavy atom. The van der Waals surface area contributed by atoms with E-state index in [1.807, 2.05) is 48.3 Å². The lowest BCUT2D eigenvalue weighted by atomic mass is 10.0. The monoisotopic (exact) mass is 692 g/mol. The first-order chi connectivity index (χ1) is 25.6. The molecule has 5 aromatic heterocycles. The molecule has 6 aromatic rings. The van der Waals surface area contributed by atoms with Gasteiger partial charge < -0.3 is 34.0 Å². The Kier molecular flexibility index (Phi) is 10.6. The van der Waals surface area contributed by atoms with Gasteiger partial charge in [0.2, 0.25) is 0 Å². The average Bonchev–Trinajstić information content (AvgIpc) is 4.02. The highest BCUT2D eigenvalue weighted by atomic mass is 16.5. The Bertz CT molecular complexity index is 2450. The number of nitrogens with one attached hydrogen (secondary N) is 4. The number of H-pyrrole nitrogens is 4. The van der Waals surface area contributed by atoms with Crippen LogP contribution in [0.3, 0.4) is 0 Å². The summed E-state index contributed by atoms with van der Waals surface area (Å²) in [5.74, 6) is 0.853. The van der Waals surface area contributed by atoms with Crippen molar-refractivity contribution in [3.63, 3.8) is 0 Å². The summed E-state index contributed by atoms with van der Waals surface area (Å²) in [4.78, 5) is 31.5. The number of fused-ring (bicyclic) bond motifs is 8. The maximum absolute atomic E-state index is 11.6. The van der Waals surface area contributed by atoms with Gasteiger partial charge in [-0.2, -0.15) is 0 Å². The molecule has 0 radical (unpaired) electrons. The summed E-state index contributed by atoms with van der Waals surface area (Å²) in [6, 6.07) is 24.9. The summed E-state index contributed by atoms with van der Waals surface area (Å²) in [5, 5.41) is 3.95. The number of rotatable bonds is 15. The molecule has 1 aliphatic heterocycles. The lowest BCUT2D eigenvalue weighted by molar-refractivity contribution is 0.112. The van der Waals surface area contributed by atoms with E-state index in [4.69, 9.17) is 14.5 Å². The second kappa shape index (κ2) is 16.0. The topological polar surface area (TPSA) is 117 Å². The molecule has 1 aliphatic rings. The number of hydrogen-bond donors (Lipinski definition) is 4. The number of nitrogens with zero attached hydrogens (tertiary/aromatic N) is 2. The Morgan fingerprint density at radius 3 is 1.69 bits per heavy atom. The molecule has 7 rings (SSSR count). The van der Waals surface area contributed by atoms with Crippen molar-refractivity contribution in [1.29, 1.82) is 0 Å². The van der Waals surface area contributed by atoms with Crippen LogP contribution in [0.5, 0.6) is 0 Å². The SMILES string of the molecule is C=CCOCCCC1=c2ccc([nH]2)=C(c2ccc(C=O)cc2)c2ccc([nH]2)C(CCCOCC=C)=c2ccc([nH]2)=C(c2nccn2C)c2ccc1[nH]2. The van der Waals surface area contributed by atoms with E-state index in [2.05, 4.69) is 81.6 Å². The maximum Gasteiger partial charge on any atom is 0.150 e. The molecule has 0 saturated carbocycles. The minimum Gasteiger partial charge on any atom is -0.377 e. The first-order valence-electron chi connectivity index (χ1n) is 17.7. The Morgan fingerprint density at radius 1 is 0.654 bits per heavy atom. The van der Waals surface area contributed by atoms with E-state index >= 15 is 0 Å². The van der Waals surface area contributed by atoms with E-state index in [0.29, 0.717) is 32.0 Å². The van der Waals surface area contributed by atoms with Crippen LogP contribution >= 0.6 is 0 Å². The molecule has 9 nitrogen and oxygen atoms in total. The van der Waals surface area contributed by atoms with Gasteiger partial charge in [-0.25, -0.2) is 4.98 Å². The molecule has 0 fully saturated rings. The predicted molar refractivity (Wildman–Crippen MR) is 205 cm³/mol. The van der Waals surface area contributed by atoms with Gasteiger partial charge in [0.1, 0.15) is 12.1 Å². The Hall–Kier alpha value is -5.90. The standard InChI is InChI=1S/C43H44N6O3/c1-4-24-51-26-6-8-31-33-14-18-37(45-33)41(30-12-10-29(28-50)11-13-30)38-19-15-34(46-38)32(9-7-27-52-25-5-2)36-17-21-40(48-36)42(39-20-16-35(31)47-39)43-44-22-23-49(43)3/h4-5,10-23,28,45-48H,1-2,6-9,24-27H2,3H3. The van der Waals surface area contributed by atoms with Crippen LogP contribution in [0, 0.1) is 0 Å². The number of aromatic nitrogens is 6. The largest absolute Gasteiger partial charge is 0.377 e. The third-order valence-corrected chi connectivity index (χ3v) is 9.40. The van der Waals surface area contributed by atoms with Crippen molar-refractivity contribution in [1.82, 2.24) is 29.5 Å². The number of benzene rings is 1. The number of imidazole rings is 1. The second-order valence-corrected chi connectivity index (χ2v) is 12.9. The van der Waals surface area contributed by atoms with Crippen LogP contribution in [-0.4, -0.2) is 62.2 Å². The number of ether oxygens (including phenoxy) is 2. The van der Waals surface area contributed by atoms with Crippen LogP contribution < -0.4 is 21.4 Å². The van der Waals surface area contributed by atoms with E-state index in [0.717, 1.165) is 110 Å². The third-order valence-electron chi connectivity index (χ3n) is 9.40. The number of hydrogen-bond acceptors (Lipinski definition) is 4. The predicted octanol–water partition coefficient (Wildman–Crippen LogP) is 4.72. The second-order valence-electron chi connectivity index (χ2n) is 12.9. The zero-order chi connectivity index (χ0) is 35.9. The van der Waals surface area contributed by atoms with Gasteiger partial charge in [-0.15, -0.1) is 13.2 Å². The molecular formula is C43H44N6O3. The molecule has 264 valence electrons. The minimum absolute atomic E-state index is 0.524. The molecule has 0 saturated heterocycles. The van der Waals surface area contributed by atoms with Crippen molar-refractivity contribution in [3.05, 3.63) is 172 Å². The molecule has 0 unspecified atom stereocenters.